The molecule has 0 radical (unpaired) electrons. The van der Waals surface area contributed by atoms with Gasteiger partial charge in [-0.25, -0.2) is 4.79 Å². The van der Waals surface area contributed by atoms with Crippen LogP contribution in [0, 0.1) is 6.92 Å². The molecule has 6 heteroatoms. The summed E-state index contributed by atoms with van der Waals surface area (Å²) in [5.74, 6) is -0.601. The van der Waals surface area contributed by atoms with Gasteiger partial charge in [-0.3, -0.25) is 9.59 Å². The second-order valence-electron chi connectivity index (χ2n) is 7.54. The standard InChI is InChI=1S/C25H24N2O4/c1-3-31-25(30)18-13-12-16(2)20(15-18)26-22(28)11-6-14-27-21-10-5-8-17-7-4-9-19(23(17)21)24(27)29/h4-5,7-10,12-13,15H,3,6,11,14H2,1-2H3,(H,26,28). The first-order chi connectivity index (χ1) is 15.0. The van der Waals surface area contributed by atoms with E-state index in [2.05, 4.69) is 5.32 Å². The van der Waals surface area contributed by atoms with Crippen molar-refractivity contribution in [3.8, 4) is 0 Å². The van der Waals surface area contributed by atoms with Crippen molar-refractivity contribution in [2.75, 3.05) is 23.4 Å². The highest BCUT2D eigenvalue weighted by Gasteiger charge is 2.29. The van der Waals surface area contributed by atoms with Gasteiger partial charge < -0.3 is 15.0 Å². The van der Waals surface area contributed by atoms with Crippen LogP contribution >= 0.6 is 0 Å². The molecule has 0 aliphatic carbocycles. The zero-order valence-corrected chi connectivity index (χ0v) is 17.6. The molecule has 4 rings (SSSR count). The number of esters is 1. The SMILES string of the molecule is CCOC(=O)c1ccc(C)c(NC(=O)CCCN2C(=O)c3cccc4cccc2c34)c1. The number of amides is 2. The fourth-order valence-electron chi connectivity index (χ4n) is 3.91. The maximum Gasteiger partial charge on any atom is 0.338 e. The molecule has 31 heavy (non-hydrogen) atoms. The summed E-state index contributed by atoms with van der Waals surface area (Å²) in [6.07, 6.45) is 0.789. The van der Waals surface area contributed by atoms with Crippen LogP contribution in [-0.2, 0) is 9.53 Å². The number of carbonyl (C=O) groups is 3. The number of rotatable bonds is 7. The van der Waals surface area contributed by atoms with Crippen LogP contribution in [0.5, 0.6) is 0 Å². The number of ether oxygens (including phenoxy) is 1. The fourth-order valence-corrected chi connectivity index (χ4v) is 3.91. The monoisotopic (exact) mass is 416 g/mol. The lowest BCUT2D eigenvalue weighted by atomic mass is 10.1. The molecule has 1 heterocycles. The van der Waals surface area contributed by atoms with Crippen LogP contribution in [0.2, 0.25) is 0 Å². The van der Waals surface area contributed by atoms with E-state index < -0.39 is 5.97 Å². The summed E-state index contributed by atoms with van der Waals surface area (Å²) in [5, 5.41) is 4.89. The van der Waals surface area contributed by atoms with E-state index in [0.29, 0.717) is 36.4 Å². The van der Waals surface area contributed by atoms with Gasteiger partial charge in [0.05, 0.1) is 17.9 Å². The van der Waals surface area contributed by atoms with E-state index in [-0.39, 0.29) is 18.2 Å². The highest BCUT2D eigenvalue weighted by molar-refractivity contribution is 6.25. The van der Waals surface area contributed by atoms with E-state index >= 15 is 0 Å². The lowest BCUT2D eigenvalue weighted by Gasteiger charge is -2.17. The summed E-state index contributed by atoms with van der Waals surface area (Å²) < 4.78 is 5.02. The Hall–Kier alpha value is -3.67. The largest absolute Gasteiger partial charge is 0.462 e. The normalized spacial score (nSPS) is 12.3. The molecule has 3 aromatic rings. The Morgan fingerprint density at radius 3 is 2.61 bits per heavy atom. The summed E-state index contributed by atoms with van der Waals surface area (Å²) in [6.45, 7) is 4.37. The fraction of sp³-hybridized carbons (Fsp3) is 0.240. The molecule has 0 unspecified atom stereocenters. The number of hydrogen-bond acceptors (Lipinski definition) is 4. The number of hydrogen-bond donors (Lipinski definition) is 1. The van der Waals surface area contributed by atoms with Crippen LogP contribution in [0.1, 0.15) is 46.0 Å². The molecule has 3 aromatic carbocycles. The van der Waals surface area contributed by atoms with Crippen LogP contribution in [-0.4, -0.2) is 30.9 Å². The molecule has 6 nitrogen and oxygen atoms in total. The predicted octanol–water partition coefficient (Wildman–Crippen LogP) is 4.70. The number of aryl methyl sites for hydroxylation is 1. The minimum Gasteiger partial charge on any atom is -0.462 e. The van der Waals surface area contributed by atoms with Gasteiger partial charge in [-0.15, -0.1) is 0 Å². The minimum atomic E-state index is -0.417. The van der Waals surface area contributed by atoms with Crippen molar-refractivity contribution in [1.82, 2.24) is 0 Å². The molecule has 0 spiro atoms. The van der Waals surface area contributed by atoms with E-state index in [0.717, 1.165) is 22.0 Å². The first kappa shape index (κ1) is 20.6. The highest BCUT2D eigenvalue weighted by atomic mass is 16.5. The Morgan fingerprint density at radius 1 is 1.06 bits per heavy atom. The first-order valence-corrected chi connectivity index (χ1v) is 10.4. The van der Waals surface area contributed by atoms with E-state index in [1.165, 1.54) is 0 Å². The lowest BCUT2D eigenvalue weighted by Crippen LogP contribution is -2.28. The number of anilines is 2. The summed E-state index contributed by atoms with van der Waals surface area (Å²) in [5.41, 5.74) is 3.46. The van der Waals surface area contributed by atoms with Gasteiger partial charge in [0.1, 0.15) is 0 Å². The molecule has 0 aromatic heterocycles. The van der Waals surface area contributed by atoms with Crippen molar-refractivity contribution in [2.45, 2.75) is 26.7 Å². The predicted molar refractivity (Wildman–Crippen MR) is 121 cm³/mol. The van der Waals surface area contributed by atoms with E-state index in [4.69, 9.17) is 4.74 Å². The average Bonchev–Trinajstić information content (AvgIpc) is 3.03. The van der Waals surface area contributed by atoms with Gasteiger partial charge in [-0.2, -0.15) is 0 Å². The summed E-state index contributed by atoms with van der Waals surface area (Å²) in [4.78, 5) is 39.0. The third kappa shape index (κ3) is 4.01. The molecular formula is C25H24N2O4. The smallest absolute Gasteiger partial charge is 0.338 e. The van der Waals surface area contributed by atoms with Crippen molar-refractivity contribution in [3.05, 3.63) is 71.3 Å². The molecule has 0 saturated carbocycles. The molecule has 0 atom stereocenters. The molecule has 1 N–H and O–H groups in total. The van der Waals surface area contributed by atoms with Crippen molar-refractivity contribution in [2.24, 2.45) is 0 Å². The van der Waals surface area contributed by atoms with Crippen molar-refractivity contribution in [3.63, 3.8) is 0 Å². The third-order valence-corrected chi connectivity index (χ3v) is 5.46. The first-order valence-electron chi connectivity index (χ1n) is 10.4. The average molecular weight is 416 g/mol. The van der Waals surface area contributed by atoms with Gasteiger partial charge in [-0.1, -0.05) is 30.3 Å². The minimum absolute atomic E-state index is 0.0230. The topological polar surface area (TPSA) is 75.7 Å². The Bertz CT molecular complexity index is 1180. The highest BCUT2D eigenvalue weighted by Crippen LogP contribution is 2.37. The van der Waals surface area contributed by atoms with Crippen molar-refractivity contribution in [1.29, 1.82) is 0 Å². The van der Waals surface area contributed by atoms with Gasteiger partial charge in [0.25, 0.3) is 5.91 Å². The molecule has 2 amide bonds. The van der Waals surface area contributed by atoms with E-state index in [9.17, 15) is 14.4 Å². The molecule has 0 saturated heterocycles. The van der Waals surface area contributed by atoms with Gasteiger partial charge >= 0.3 is 5.97 Å². The molecule has 1 aliphatic rings. The maximum absolute atomic E-state index is 12.8. The number of nitrogens with zero attached hydrogens (tertiary/aromatic N) is 1. The Labute approximate surface area is 180 Å². The maximum atomic E-state index is 12.8. The van der Waals surface area contributed by atoms with Crippen LogP contribution < -0.4 is 10.2 Å². The van der Waals surface area contributed by atoms with E-state index in [1.54, 1.807) is 30.0 Å². The number of benzene rings is 3. The molecule has 0 bridgehead atoms. The number of carbonyl (C=O) groups excluding carboxylic acids is 3. The van der Waals surface area contributed by atoms with Gasteiger partial charge in [0, 0.05) is 29.6 Å². The zero-order valence-electron chi connectivity index (χ0n) is 17.6. The zero-order chi connectivity index (χ0) is 22.0. The van der Waals surface area contributed by atoms with Crippen LogP contribution in [0.25, 0.3) is 10.8 Å². The Balaban J connectivity index is 1.39. The Kier molecular flexibility index (Phi) is 5.71. The van der Waals surface area contributed by atoms with Crippen LogP contribution in [0.3, 0.4) is 0 Å². The quantitative estimate of drug-likeness (QED) is 0.566. The summed E-state index contributed by atoms with van der Waals surface area (Å²) in [7, 11) is 0. The third-order valence-electron chi connectivity index (χ3n) is 5.46. The van der Waals surface area contributed by atoms with Crippen molar-refractivity contribution < 1.29 is 19.1 Å². The van der Waals surface area contributed by atoms with Gasteiger partial charge in [0.15, 0.2) is 0 Å². The number of nitrogens with one attached hydrogen (secondary N) is 1. The summed E-state index contributed by atoms with van der Waals surface area (Å²) >= 11 is 0. The summed E-state index contributed by atoms with van der Waals surface area (Å²) in [6, 6.07) is 16.7. The lowest BCUT2D eigenvalue weighted by molar-refractivity contribution is -0.116. The molecular weight excluding hydrogens is 392 g/mol. The second kappa shape index (κ2) is 8.60. The van der Waals surface area contributed by atoms with Gasteiger partial charge in [-0.05, 0) is 55.5 Å². The molecule has 1 aliphatic heterocycles. The molecule has 158 valence electrons. The molecule has 0 fully saturated rings. The second-order valence-corrected chi connectivity index (χ2v) is 7.54. The van der Waals surface area contributed by atoms with E-state index in [1.807, 2.05) is 43.3 Å². The van der Waals surface area contributed by atoms with Crippen LogP contribution in [0.4, 0.5) is 11.4 Å². The van der Waals surface area contributed by atoms with Crippen LogP contribution in [0.15, 0.2) is 54.6 Å². The van der Waals surface area contributed by atoms with Crippen molar-refractivity contribution >= 4 is 39.9 Å². The van der Waals surface area contributed by atoms with Gasteiger partial charge in [0.2, 0.25) is 5.91 Å². The Morgan fingerprint density at radius 2 is 1.84 bits per heavy atom.